The van der Waals surface area contributed by atoms with Gasteiger partial charge in [0.1, 0.15) is 0 Å². The summed E-state index contributed by atoms with van der Waals surface area (Å²) in [6, 6.07) is 3.86. The number of terminal acetylenes is 1. The highest BCUT2D eigenvalue weighted by molar-refractivity contribution is 5.18. The molecule has 0 saturated heterocycles. The van der Waals surface area contributed by atoms with E-state index in [1.165, 1.54) is 0 Å². The minimum atomic E-state index is 0.0881. The molecule has 1 aromatic rings. The highest BCUT2D eigenvalue weighted by atomic mass is 16.5. The Balaban J connectivity index is 2.59. The number of ether oxygens (including phenoxy) is 1. The first kappa shape index (κ1) is 11.5. The Bertz CT molecular complexity index is 329. The minimum Gasteiger partial charge on any atom is -0.481 e. The second-order valence-corrected chi connectivity index (χ2v) is 3.18. The van der Waals surface area contributed by atoms with Crippen LogP contribution in [-0.2, 0) is 6.42 Å². The van der Waals surface area contributed by atoms with Crippen LogP contribution >= 0.6 is 0 Å². The SMILES string of the molecule is C#CCC(Cc1ccc(OC)nc1)NN. The average Bonchev–Trinajstić information content (AvgIpc) is 2.29. The maximum absolute atomic E-state index is 5.37. The Morgan fingerprint density at radius 2 is 2.47 bits per heavy atom. The third kappa shape index (κ3) is 3.58. The number of hydrazine groups is 1. The van der Waals surface area contributed by atoms with E-state index in [2.05, 4.69) is 16.3 Å². The second kappa shape index (κ2) is 6.02. The van der Waals surface area contributed by atoms with E-state index in [9.17, 15) is 0 Å². The summed E-state index contributed by atoms with van der Waals surface area (Å²) in [4.78, 5) is 4.10. The number of rotatable bonds is 5. The molecule has 0 spiro atoms. The van der Waals surface area contributed by atoms with E-state index in [0.29, 0.717) is 12.3 Å². The summed E-state index contributed by atoms with van der Waals surface area (Å²) in [6.07, 6.45) is 8.35. The Labute approximate surface area is 89.8 Å². The molecule has 0 aromatic carbocycles. The number of nitrogens with zero attached hydrogens (tertiary/aromatic N) is 1. The van der Waals surface area contributed by atoms with E-state index < -0.39 is 0 Å². The van der Waals surface area contributed by atoms with E-state index in [1.54, 1.807) is 13.3 Å². The number of aromatic nitrogens is 1. The van der Waals surface area contributed by atoms with Gasteiger partial charge in [0.05, 0.1) is 7.11 Å². The van der Waals surface area contributed by atoms with Crippen molar-refractivity contribution in [1.29, 1.82) is 0 Å². The van der Waals surface area contributed by atoms with Gasteiger partial charge in [0, 0.05) is 24.7 Å². The molecule has 0 aliphatic heterocycles. The lowest BCUT2D eigenvalue weighted by Gasteiger charge is -2.12. The van der Waals surface area contributed by atoms with Gasteiger partial charge in [-0.05, 0) is 12.0 Å². The molecule has 0 amide bonds. The van der Waals surface area contributed by atoms with Crippen molar-refractivity contribution in [3.8, 4) is 18.2 Å². The summed E-state index contributed by atoms with van der Waals surface area (Å²) >= 11 is 0. The Morgan fingerprint density at radius 1 is 1.67 bits per heavy atom. The minimum absolute atomic E-state index is 0.0881. The van der Waals surface area contributed by atoms with Crippen molar-refractivity contribution in [1.82, 2.24) is 10.4 Å². The van der Waals surface area contributed by atoms with Crippen LogP contribution in [0.15, 0.2) is 18.3 Å². The highest BCUT2D eigenvalue weighted by Gasteiger charge is 2.06. The first-order valence-corrected chi connectivity index (χ1v) is 4.68. The standard InChI is InChI=1S/C11H15N3O/c1-3-4-10(14-12)7-9-5-6-11(15-2)13-8-9/h1,5-6,8,10,14H,4,7,12H2,2H3. The number of hydrogen-bond donors (Lipinski definition) is 2. The Hall–Kier alpha value is -1.57. The van der Waals surface area contributed by atoms with E-state index in [0.717, 1.165) is 12.0 Å². The largest absolute Gasteiger partial charge is 0.481 e. The third-order valence-corrected chi connectivity index (χ3v) is 2.09. The van der Waals surface area contributed by atoms with Crippen molar-refractivity contribution in [3.05, 3.63) is 23.9 Å². The van der Waals surface area contributed by atoms with Crippen molar-refractivity contribution < 1.29 is 4.74 Å². The zero-order valence-electron chi connectivity index (χ0n) is 8.73. The molecule has 0 fully saturated rings. The van der Waals surface area contributed by atoms with Crippen LogP contribution < -0.4 is 16.0 Å². The van der Waals surface area contributed by atoms with Crippen molar-refractivity contribution >= 4 is 0 Å². The quantitative estimate of drug-likeness (QED) is 0.417. The molecule has 0 aliphatic carbocycles. The van der Waals surface area contributed by atoms with E-state index in [4.69, 9.17) is 17.0 Å². The number of nitrogens with two attached hydrogens (primary N) is 1. The van der Waals surface area contributed by atoms with Crippen LogP contribution in [-0.4, -0.2) is 18.1 Å². The van der Waals surface area contributed by atoms with Gasteiger partial charge >= 0.3 is 0 Å². The molecule has 3 N–H and O–H groups in total. The molecular formula is C11H15N3O. The lowest BCUT2D eigenvalue weighted by Crippen LogP contribution is -2.36. The Morgan fingerprint density at radius 3 is 2.93 bits per heavy atom. The Kier molecular flexibility index (Phi) is 4.61. The van der Waals surface area contributed by atoms with Crippen molar-refractivity contribution in [2.75, 3.05) is 7.11 Å². The van der Waals surface area contributed by atoms with Gasteiger partial charge in [-0.2, -0.15) is 0 Å². The number of nitrogens with one attached hydrogen (secondary N) is 1. The molecular weight excluding hydrogens is 190 g/mol. The summed E-state index contributed by atoms with van der Waals surface area (Å²) < 4.78 is 4.96. The number of methoxy groups -OCH3 is 1. The van der Waals surface area contributed by atoms with Gasteiger partial charge in [0.2, 0.25) is 5.88 Å². The maximum atomic E-state index is 5.37. The van der Waals surface area contributed by atoms with E-state index in [1.807, 2.05) is 12.1 Å². The summed E-state index contributed by atoms with van der Waals surface area (Å²) in [5.41, 5.74) is 3.76. The van der Waals surface area contributed by atoms with Gasteiger partial charge in [-0.1, -0.05) is 6.07 Å². The summed E-state index contributed by atoms with van der Waals surface area (Å²) in [5.74, 6) is 8.55. The molecule has 15 heavy (non-hydrogen) atoms. The van der Waals surface area contributed by atoms with Gasteiger partial charge in [0.25, 0.3) is 0 Å². The summed E-state index contributed by atoms with van der Waals surface area (Å²) in [6.45, 7) is 0. The van der Waals surface area contributed by atoms with Crippen molar-refractivity contribution in [2.45, 2.75) is 18.9 Å². The van der Waals surface area contributed by atoms with Crippen LogP contribution in [0.2, 0.25) is 0 Å². The predicted molar refractivity (Wildman–Crippen MR) is 59.1 cm³/mol. The van der Waals surface area contributed by atoms with Crippen LogP contribution in [0.3, 0.4) is 0 Å². The second-order valence-electron chi connectivity index (χ2n) is 3.18. The van der Waals surface area contributed by atoms with Crippen molar-refractivity contribution in [3.63, 3.8) is 0 Å². The molecule has 4 heteroatoms. The molecule has 0 bridgehead atoms. The molecule has 0 aliphatic rings. The zero-order chi connectivity index (χ0) is 11.1. The lowest BCUT2D eigenvalue weighted by atomic mass is 10.1. The van der Waals surface area contributed by atoms with Crippen LogP contribution in [0.5, 0.6) is 5.88 Å². The highest BCUT2D eigenvalue weighted by Crippen LogP contribution is 2.09. The van der Waals surface area contributed by atoms with Gasteiger partial charge in [-0.15, -0.1) is 12.3 Å². The fourth-order valence-electron chi connectivity index (χ4n) is 1.27. The van der Waals surface area contributed by atoms with Gasteiger partial charge in [-0.3, -0.25) is 11.3 Å². The molecule has 1 heterocycles. The monoisotopic (exact) mass is 205 g/mol. The van der Waals surface area contributed by atoms with E-state index in [-0.39, 0.29) is 6.04 Å². The topological polar surface area (TPSA) is 60.2 Å². The van der Waals surface area contributed by atoms with Crippen LogP contribution in [0.25, 0.3) is 0 Å². The predicted octanol–water partition coefficient (Wildman–Crippen LogP) is 0.488. The van der Waals surface area contributed by atoms with Gasteiger partial charge in [0.15, 0.2) is 0 Å². The first-order valence-electron chi connectivity index (χ1n) is 4.68. The fraction of sp³-hybridized carbons (Fsp3) is 0.364. The molecule has 1 atom stereocenters. The van der Waals surface area contributed by atoms with Crippen LogP contribution in [0.4, 0.5) is 0 Å². The average molecular weight is 205 g/mol. The molecule has 80 valence electrons. The van der Waals surface area contributed by atoms with Gasteiger partial charge in [-0.25, -0.2) is 4.98 Å². The fourth-order valence-corrected chi connectivity index (χ4v) is 1.27. The lowest BCUT2D eigenvalue weighted by molar-refractivity contribution is 0.397. The van der Waals surface area contributed by atoms with Crippen LogP contribution in [0.1, 0.15) is 12.0 Å². The third-order valence-electron chi connectivity index (χ3n) is 2.09. The van der Waals surface area contributed by atoms with Crippen LogP contribution in [0, 0.1) is 12.3 Å². The molecule has 0 radical (unpaired) electrons. The molecule has 1 aromatic heterocycles. The first-order chi connectivity index (χ1) is 7.30. The zero-order valence-corrected chi connectivity index (χ0v) is 8.73. The molecule has 1 unspecified atom stereocenters. The summed E-state index contributed by atoms with van der Waals surface area (Å²) in [5, 5.41) is 0. The summed E-state index contributed by atoms with van der Waals surface area (Å²) in [7, 11) is 1.59. The molecule has 4 nitrogen and oxygen atoms in total. The normalized spacial score (nSPS) is 11.8. The molecule has 1 rings (SSSR count). The van der Waals surface area contributed by atoms with E-state index >= 15 is 0 Å². The maximum Gasteiger partial charge on any atom is 0.212 e. The number of hydrogen-bond acceptors (Lipinski definition) is 4. The smallest absolute Gasteiger partial charge is 0.212 e. The number of pyridine rings is 1. The van der Waals surface area contributed by atoms with Crippen molar-refractivity contribution in [2.24, 2.45) is 5.84 Å². The van der Waals surface area contributed by atoms with Gasteiger partial charge < -0.3 is 4.74 Å². The molecule has 0 saturated carbocycles.